The number of guanidine groups is 1. The van der Waals surface area contributed by atoms with Crippen LogP contribution in [0.3, 0.4) is 0 Å². The Balaban J connectivity index is 0.00000261. The van der Waals surface area contributed by atoms with Crippen LogP contribution in [0.1, 0.15) is 25.5 Å². The summed E-state index contributed by atoms with van der Waals surface area (Å²) in [6, 6.07) is 6.13. The van der Waals surface area contributed by atoms with Gasteiger partial charge in [-0.15, -0.1) is 24.0 Å². The second-order valence-electron chi connectivity index (χ2n) is 6.66. The predicted molar refractivity (Wildman–Crippen MR) is 120 cm³/mol. The summed E-state index contributed by atoms with van der Waals surface area (Å²) in [4.78, 5) is 8.74. The lowest BCUT2D eigenvalue weighted by atomic mass is 10.1. The first-order chi connectivity index (χ1) is 12.6. The van der Waals surface area contributed by atoms with Crippen LogP contribution in [0.15, 0.2) is 39.9 Å². The number of hydrogen-bond acceptors (Lipinski definition) is 4. The molecule has 0 saturated carbocycles. The maximum atomic E-state index is 13.0. The fourth-order valence-corrected chi connectivity index (χ4v) is 4.17. The van der Waals surface area contributed by atoms with Crippen molar-refractivity contribution in [2.75, 3.05) is 25.9 Å². The van der Waals surface area contributed by atoms with Gasteiger partial charge in [-0.05, 0) is 49.8 Å². The van der Waals surface area contributed by atoms with E-state index in [0.29, 0.717) is 17.2 Å². The van der Waals surface area contributed by atoms with Crippen LogP contribution in [-0.4, -0.2) is 41.6 Å². The van der Waals surface area contributed by atoms with Crippen LogP contribution in [0.25, 0.3) is 11.5 Å². The van der Waals surface area contributed by atoms with Crippen LogP contribution in [0.4, 0.5) is 4.39 Å². The quantitative estimate of drug-likeness (QED) is 0.353. The van der Waals surface area contributed by atoms with Gasteiger partial charge >= 0.3 is 0 Å². The second-order valence-corrected chi connectivity index (χ2v) is 8.34. The standard InChI is InChI=1S/C19H25FN4OS.HI/c1-19(9-3-11-26-19)13-23-18(21-2)22-10-8-16-12-25-17(24-16)14-4-6-15(20)7-5-14;/h4-7,12H,3,8-11,13H2,1-2H3,(H2,21,22,23);1H. The number of hydrogen-bond donors (Lipinski definition) is 2. The Hall–Kier alpha value is -1.29. The van der Waals surface area contributed by atoms with Crippen molar-refractivity contribution in [2.24, 2.45) is 4.99 Å². The third-order valence-corrected chi connectivity index (χ3v) is 6.01. The summed E-state index contributed by atoms with van der Waals surface area (Å²) in [5.41, 5.74) is 1.62. The smallest absolute Gasteiger partial charge is 0.226 e. The van der Waals surface area contributed by atoms with E-state index < -0.39 is 0 Å². The Labute approximate surface area is 181 Å². The van der Waals surface area contributed by atoms with E-state index in [1.54, 1.807) is 25.4 Å². The largest absolute Gasteiger partial charge is 0.444 e. The van der Waals surface area contributed by atoms with E-state index in [1.165, 1.54) is 30.7 Å². The van der Waals surface area contributed by atoms with Gasteiger partial charge in [0.1, 0.15) is 12.1 Å². The lowest BCUT2D eigenvalue weighted by Crippen LogP contribution is -2.44. The molecule has 1 atom stereocenters. The number of nitrogens with one attached hydrogen (secondary N) is 2. The zero-order valence-corrected chi connectivity index (χ0v) is 18.8. The van der Waals surface area contributed by atoms with Crippen molar-refractivity contribution < 1.29 is 8.81 Å². The molecule has 0 amide bonds. The van der Waals surface area contributed by atoms with Gasteiger partial charge in [-0.25, -0.2) is 9.37 Å². The zero-order valence-electron chi connectivity index (χ0n) is 15.6. The minimum atomic E-state index is -0.270. The van der Waals surface area contributed by atoms with Gasteiger partial charge in [-0.3, -0.25) is 4.99 Å². The predicted octanol–water partition coefficient (Wildman–Crippen LogP) is 4.09. The topological polar surface area (TPSA) is 62.5 Å². The molecule has 8 heteroatoms. The van der Waals surface area contributed by atoms with Crippen molar-refractivity contribution in [3.05, 3.63) is 42.0 Å². The van der Waals surface area contributed by atoms with Crippen molar-refractivity contribution in [3.63, 3.8) is 0 Å². The number of oxazole rings is 1. The zero-order chi connectivity index (χ0) is 18.4. The molecule has 27 heavy (non-hydrogen) atoms. The van der Waals surface area contributed by atoms with Crippen LogP contribution >= 0.6 is 35.7 Å². The number of nitrogens with zero attached hydrogens (tertiary/aromatic N) is 2. The highest BCUT2D eigenvalue weighted by atomic mass is 127. The first-order valence-electron chi connectivity index (χ1n) is 8.87. The average Bonchev–Trinajstić information content (AvgIpc) is 3.28. The van der Waals surface area contributed by atoms with Gasteiger partial charge in [0, 0.05) is 36.9 Å². The monoisotopic (exact) mass is 504 g/mol. The van der Waals surface area contributed by atoms with Crippen molar-refractivity contribution in [1.82, 2.24) is 15.6 Å². The van der Waals surface area contributed by atoms with E-state index in [4.69, 9.17) is 4.42 Å². The second kappa shape index (κ2) is 10.3. The molecule has 2 heterocycles. The molecule has 1 unspecified atom stereocenters. The molecule has 1 fully saturated rings. The summed E-state index contributed by atoms with van der Waals surface area (Å²) in [6.07, 6.45) is 4.90. The maximum Gasteiger partial charge on any atom is 0.226 e. The molecule has 2 aromatic rings. The number of rotatable bonds is 6. The summed E-state index contributed by atoms with van der Waals surface area (Å²) in [5, 5.41) is 6.73. The maximum absolute atomic E-state index is 13.0. The normalized spacial score (nSPS) is 19.6. The van der Waals surface area contributed by atoms with E-state index >= 15 is 0 Å². The number of thioether (sulfide) groups is 1. The Bertz CT molecular complexity index is 744. The molecule has 3 rings (SSSR count). The number of aromatic nitrogens is 1. The van der Waals surface area contributed by atoms with Gasteiger partial charge in [0.15, 0.2) is 5.96 Å². The molecule has 0 spiro atoms. The Kier molecular flexibility index (Phi) is 8.40. The Morgan fingerprint density at radius 3 is 2.78 bits per heavy atom. The first-order valence-corrected chi connectivity index (χ1v) is 9.85. The van der Waals surface area contributed by atoms with Crippen LogP contribution in [0, 0.1) is 5.82 Å². The van der Waals surface area contributed by atoms with E-state index in [-0.39, 0.29) is 29.8 Å². The minimum absolute atomic E-state index is 0. The van der Waals surface area contributed by atoms with Crippen LogP contribution in [-0.2, 0) is 6.42 Å². The third kappa shape index (κ3) is 6.38. The van der Waals surface area contributed by atoms with Crippen molar-refractivity contribution >= 4 is 41.7 Å². The molecular formula is C19H26FIN4OS. The van der Waals surface area contributed by atoms with Crippen molar-refractivity contribution in [2.45, 2.75) is 30.9 Å². The molecular weight excluding hydrogens is 478 g/mol. The number of benzene rings is 1. The van der Waals surface area contributed by atoms with Gasteiger partial charge in [-0.1, -0.05) is 0 Å². The Morgan fingerprint density at radius 2 is 2.11 bits per heavy atom. The highest BCUT2D eigenvalue weighted by molar-refractivity contribution is 14.0. The Morgan fingerprint density at radius 1 is 1.33 bits per heavy atom. The van der Waals surface area contributed by atoms with E-state index in [0.717, 1.165) is 30.2 Å². The van der Waals surface area contributed by atoms with Crippen LogP contribution in [0.2, 0.25) is 0 Å². The summed E-state index contributed by atoms with van der Waals surface area (Å²) >= 11 is 2.03. The van der Waals surface area contributed by atoms with Gasteiger partial charge < -0.3 is 15.1 Å². The molecule has 0 aliphatic carbocycles. The lowest BCUT2D eigenvalue weighted by molar-refractivity contribution is 0.571. The highest BCUT2D eigenvalue weighted by Gasteiger charge is 2.29. The molecule has 2 N–H and O–H groups in total. The third-order valence-electron chi connectivity index (χ3n) is 4.47. The van der Waals surface area contributed by atoms with Gasteiger partial charge in [0.2, 0.25) is 5.89 Å². The average molecular weight is 504 g/mol. The molecule has 0 radical (unpaired) electrons. The van der Waals surface area contributed by atoms with Gasteiger partial charge in [-0.2, -0.15) is 11.8 Å². The lowest BCUT2D eigenvalue weighted by Gasteiger charge is -2.24. The fourth-order valence-electron chi connectivity index (χ4n) is 2.92. The van der Waals surface area contributed by atoms with Gasteiger partial charge in [0.05, 0.1) is 5.69 Å². The SMILES string of the molecule is CN=C(NCCc1coc(-c2ccc(F)cc2)n1)NCC1(C)CCCS1.I. The summed E-state index contributed by atoms with van der Waals surface area (Å²) < 4.78 is 18.8. The summed E-state index contributed by atoms with van der Waals surface area (Å²) in [7, 11) is 1.78. The fraction of sp³-hybridized carbons (Fsp3) is 0.474. The number of aliphatic imine (C=N–C) groups is 1. The van der Waals surface area contributed by atoms with Gasteiger partial charge in [0.25, 0.3) is 0 Å². The molecule has 1 aromatic heterocycles. The molecule has 1 aliphatic heterocycles. The van der Waals surface area contributed by atoms with Crippen LogP contribution < -0.4 is 10.6 Å². The molecule has 1 aliphatic rings. The summed E-state index contributed by atoms with van der Waals surface area (Å²) in [5.74, 6) is 2.29. The highest BCUT2D eigenvalue weighted by Crippen LogP contribution is 2.36. The first kappa shape index (κ1) is 22.0. The summed E-state index contributed by atoms with van der Waals surface area (Å²) in [6.45, 7) is 3.92. The van der Waals surface area contributed by atoms with Crippen molar-refractivity contribution in [3.8, 4) is 11.5 Å². The van der Waals surface area contributed by atoms with E-state index in [9.17, 15) is 4.39 Å². The molecule has 1 saturated heterocycles. The molecule has 148 valence electrons. The van der Waals surface area contributed by atoms with E-state index in [1.807, 2.05) is 11.8 Å². The van der Waals surface area contributed by atoms with Crippen molar-refractivity contribution in [1.29, 1.82) is 0 Å². The number of halogens is 2. The van der Waals surface area contributed by atoms with Crippen LogP contribution in [0.5, 0.6) is 0 Å². The minimum Gasteiger partial charge on any atom is -0.444 e. The molecule has 5 nitrogen and oxygen atoms in total. The molecule has 0 bridgehead atoms. The van der Waals surface area contributed by atoms with E-state index in [2.05, 4.69) is 27.5 Å². The molecule has 1 aromatic carbocycles.